The van der Waals surface area contributed by atoms with Gasteiger partial charge in [0.2, 0.25) is 0 Å². The predicted octanol–water partition coefficient (Wildman–Crippen LogP) is 1.24. The molecule has 0 aliphatic heterocycles. The molecule has 0 aliphatic carbocycles. The third kappa shape index (κ3) is 3.88. The third-order valence-corrected chi connectivity index (χ3v) is 2.94. The highest BCUT2D eigenvalue weighted by Crippen LogP contribution is 2.19. The first-order valence-electron chi connectivity index (χ1n) is 4.93. The van der Waals surface area contributed by atoms with Gasteiger partial charge in [0.1, 0.15) is 5.01 Å². The number of nitrogens with zero attached hydrogens (tertiary/aromatic N) is 1. The minimum Gasteiger partial charge on any atom is -0.469 e. The number of hydrogen-bond donors (Lipinski definition) is 1. The van der Waals surface area contributed by atoms with Crippen LogP contribution in [0.15, 0.2) is 5.38 Å². The molecule has 1 atom stereocenters. The molecule has 0 fully saturated rings. The van der Waals surface area contributed by atoms with Crippen molar-refractivity contribution in [3.8, 4) is 0 Å². The van der Waals surface area contributed by atoms with Crippen LogP contribution in [-0.4, -0.2) is 25.2 Å². The molecule has 16 heavy (non-hydrogen) atoms. The van der Waals surface area contributed by atoms with Gasteiger partial charge in [0, 0.05) is 25.0 Å². The van der Waals surface area contributed by atoms with Crippen LogP contribution in [0.1, 0.15) is 29.6 Å². The number of ether oxygens (including phenoxy) is 2. The van der Waals surface area contributed by atoms with Gasteiger partial charge < -0.3 is 15.2 Å². The first-order valence-corrected chi connectivity index (χ1v) is 5.81. The molecule has 0 saturated heterocycles. The van der Waals surface area contributed by atoms with Crippen molar-refractivity contribution in [1.82, 2.24) is 4.98 Å². The SMILES string of the molecule is COCc1nc(C(N)CCC(=O)OC)cs1. The largest absolute Gasteiger partial charge is 0.469 e. The number of esters is 1. The molecule has 0 radical (unpaired) electrons. The second-order valence-electron chi connectivity index (χ2n) is 3.32. The molecular formula is C10H16N2O3S. The summed E-state index contributed by atoms with van der Waals surface area (Å²) in [5, 5.41) is 2.79. The Morgan fingerprint density at radius 2 is 2.38 bits per heavy atom. The lowest BCUT2D eigenvalue weighted by Crippen LogP contribution is -2.13. The molecule has 0 saturated carbocycles. The Hall–Kier alpha value is -0.980. The molecule has 90 valence electrons. The number of nitrogens with two attached hydrogens (primary N) is 1. The van der Waals surface area contributed by atoms with Crippen LogP contribution in [0.4, 0.5) is 0 Å². The molecule has 0 aromatic carbocycles. The Balaban J connectivity index is 2.45. The number of thiazole rings is 1. The highest BCUT2D eigenvalue weighted by molar-refractivity contribution is 7.09. The van der Waals surface area contributed by atoms with Gasteiger partial charge in [0.05, 0.1) is 19.4 Å². The Morgan fingerprint density at radius 3 is 3.00 bits per heavy atom. The highest BCUT2D eigenvalue weighted by atomic mass is 32.1. The molecule has 1 aromatic heterocycles. The van der Waals surface area contributed by atoms with Gasteiger partial charge in [-0.05, 0) is 6.42 Å². The number of carbonyl (C=O) groups is 1. The van der Waals surface area contributed by atoms with E-state index in [1.807, 2.05) is 5.38 Å². The Bertz CT molecular complexity index is 341. The average Bonchev–Trinajstić information content (AvgIpc) is 2.74. The van der Waals surface area contributed by atoms with Crippen LogP contribution in [0.5, 0.6) is 0 Å². The lowest BCUT2D eigenvalue weighted by molar-refractivity contribution is -0.140. The molecule has 0 aliphatic rings. The van der Waals surface area contributed by atoms with Crippen molar-refractivity contribution in [3.05, 3.63) is 16.1 Å². The van der Waals surface area contributed by atoms with E-state index in [0.29, 0.717) is 19.4 Å². The standard InChI is InChI=1S/C10H16N2O3S/c1-14-5-9-12-8(6-16-9)7(11)3-4-10(13)15-2/h6-7H,3-5,11H2,1-2H3. The fourth-order valence-electron chi connectivity index (χ4n) is 1.21. The average molecular weight is 244 g/mol. The van der Waals surface area contributed by atoms with E-state index in [1.54, 1.807) is 7.11 Å². The number of carbonyl (C=O) groups excluding carboxylic acids is 1. The zero-order chi connectivity index (χ0) is 12.0. The van der Waals surface area contributed by atoms with E-state index >= 15 is 0 Å². The molecule has 1 rings (SSSR count). The van der Waals surface area contributed by atoms with Crippen molar-refractivity contribution in [1.29, 1.82) is 0 Å². The van der Waals surface area contributed by atoms with Crippen molar-refractivity contribution in [2.45, 2.75) is 25.5 Å². The van der Waals surface area contributed by atoms with Crippen LogP contribution < -0.4 is 5.73 Å². The van der Waals surface area contributed by atoms with Crippen LogP contribution >= 0.6 is 11.3 Å². The molecule has 6 heteroatoms. The number of methoxy groups -OCH3 is 2. The molecule has 0 amide bonds. The fraction of sp³-hybridized carbons (Fsp3) is 0.600. The highest BCUT2D eigenvalue weighted by Gasteiger charge is 2.12. The van der Waals surface area contributed by atoms with E-state index in [0.717, 1.165) is 10.7 Å². The fourth-order valence-corrected chi connectivity index (χ4v) is 2.04. The smallest absolute Gasteiger partial charge is 0.305 e. The van der Waals surface area contributed by atoms with Crippen molar-refractivity contribution >= 4 is 17.3 Å². The maximum atomic E-state index is 10.9. The second kappa shape index (κ2) is 6.57. The summed E-state index contributed by atoms with van der Waals surface area (Å²) in [4.78, 5) is 15.3. The van der Waals surface area contributed by atoms with Gasteiger partial charge in [-0.25, -0.2) is 4.98 Å². The van der Waals surface area contributed by atoms with Gasteiger partial charge in [-0.3, -0.25) is 4.79 Å². The molecule has 0 bridgehead atoms. The van der Waals surface area contributed by atoms with Crippen molar-refractivity contribution in [2.24, 2.45) is 5.73 Å². The molecule has 0 spiro atoms. The van der Waals surface area contributed by atoms with Crippen LogP contribution in [0.3, 0.4) is 0 Å². The zero-order valence-corrected chi connectivity index (χ0v) is 10.3. The lowest BCUT2D eigenvalue weighted by atomic mass is 10.1. The summed E-state index contributed by atoms with van der Waals surface area (Å²) in [5.74, 6) is -0.247. The summed E-state index contributed by atoms with van der Waals surface area (Å²) < 4.78 is 9.52. The van der Waals surface area contributed by atoms with Gasteiger partial charge in [0.25, 0.3) is 0 Å². The zero-order valence-electron chi connectivity index (χ0n) is 9.43. The maximum absolute atomic E-state index is 10.9. The number of aromatic nitrogens is 1. The van der Waals surface area contributed by atoms with Crippen LogP contribution in [0, 0.1) is 0 Å². The molecule has 5 nitrogen and oxygen atoms in total. The number of rotatable bonds is 6. The topological polar surface area (TPSA) is 74.4 Å². The molecule has 1 aromatic rings. The number of hydrogen-bond acceptors (Lipinski definition) is 6. The van der Waals surface area contributed by atoms with E-state index in [9.17, 15) is 4.79 Å². The summed E-state index contributed by atoms with van der Waals surface area (Å²) in [5.41, 5.74) is 6.71. The summed E-state index contributed by atoms with van der Waals surface area (Å²) in [6, 6.07) is -0.221. The monoisotopic (exact) mass is 244 g/mol. The molecular weight excluding hydrogens is 228 g/mol. The van der Waals surface area contributed by atoms with Gasteiger partial charge in [-0.1, -0.05) is 0 Å². The normalized spacial score (nSPS) is 12.4. The van der Waals surface area contributed by atoms with Gasteiger partial charge in [-0.15, -0.1) is 11.3 Å². The third-order valence-electron chi connectivity index (χ3n) is 2.10. The minimum absolute atomic E-state index is 0.221. The summed E-state index contributed by atoms with van der Waals surface area (Å²) in [6.45, 7) is 0.494. The lowest BCUT2D eigenvalue weighted by Gasteiger charge is -2.07. The first kappa shape index (κ1) is 13.1. The summed E-state index contributed by atoms with van der Waals surface area (Å²) >= 11 is 1.51. The van der Waals surface area contributed by atoms with Gasteiger partial charge in [-0.2, -0.15) is 0 Å². The van der Waals surface area contributed by atoms with E-state index < -0.39 is 0 Å². The van der Waals surface area contributed by atoms with E-state index in [1.165, 1.54) is 18.4 Å². The predicted molar refractivity (Wildman–Crippen MR) is 61.0 cm³/mol. The van der Waals surface area contributed by atoms with Crippen LogP contribution in [0.25, 0.3) is 0 Å². The van der Waals surface area contributed by atoms with Crippen molar-refractivity contribution < 1.29 is 14.3 Å². The molecule has 1 unspecified atom stereocenters. The molecule has 2 N–H and O–H groups in total. The Kier molecular flexibility index (Phi) is 5.37. The van der Waals surface area contributed by atoms with Gasteiger partial charge >= 0.3 is 5.97 Å². The van der Waals surface area contributed by atoms with E-state index in [2.05, 4.69) is 9.72 Å². The Labute approximate surface area is 98.6 Å². The second-order valence-corrected chi connectivity index (χ2v) is 4.26. The first-order chi connectivity index (χ1) is 7.67. The Morgan fingerprint density at radius 1 is 1.62 bits per heavy atom. The minimum atomic E-state index is -0.247. The van der Waals surface area contributed by atoms with Gasteiger partial charge in [0.15, 0.2) is 0 Å². The summed E-state index contributed by atoms with van der Waals surface area (Å²) in [6.07, 6.45) is 0.859. The van der Waals surface area contributed by atoms with E-state index in [-0.39, 0.29) is 12.0 Å². The summed E-state index contributed by atoms with van der Waals surface area (Å²) in [7, 11) is 2.99. The van der Waals surface area contributed by atoms with Crippen LogP contribution in [-0.2, 0) is 20.9 Å². The van der Waals surface area contributed by atoms with E-state index in [4.69, 9.17) is 10.5 Å². The van der Waals surface area contributed by atoms with Crippen molar-refractivity contribution in [2.75, 3.05) is 14.2 Å². The van der Waals surface area contributed by atoms with Crippen LogP contribution in [0.2, 0.25) is 0 Å². The maximum Gasteiger partial charge on any atom is 0.305 e. The quantitative estimate of drug-likeness (QED) is 0.762. The van der Waals surface area contributed by atoms with Crippen molar-refractivity contribution in [3.63, 3.8) is 0 Å². The molecule has 1 heterocycles.